The molecule has 0 saturated heterocycles. The van der Waals surface area contributed by atoms with Gasteiger partial charge < -0.3 is 0 Å². The van der Waals surface area contributed by atoms with Crippen LogP contribution in [0.5, 0.6) is 0 Å². The van der Waals surface area contributed by atoms with Gasteiger partial charge in [-0.3, -0.25) is 9.36 Å². The maximum atomic E-state index is 13.4. The average molecular weight is 455 g/mol. The molecule has 1 N–H and O–H groups in total. The lowest BCUT2D eigenvalue weighted by Gasteiger charge is -2.14. The van der Waals surface area contributed by atoms with Crippen LogP contribution in [0.2, 0.25) is 0 Å². The van der Waals surface area contributed by atoms with E-state index in [0.29, 0.717) is 22.4 Å². The van der Waals surface area contributed by atoms with Crippen LogP contribution in [0.25, 0.3) is 28.0 Å². The Kier molecular flexibility index (Phi) is 5.15. The highest BCUT2D eigenvalue weighted by molar-refractivity contribution is 7.92. The zero-order chi connectivity index (χ0) is 22.8. The van der Waals surface area contributed by atoms with Gasteiger partial charge in [0.15, 0.2) is 0 Å². The van der Waals surface area contributed by atoms with Gasteiger partial charge in [-0.15, -0.1) is 0 Å². The molecule has 5 aromatic rings. The van der Waals surface area contributed by atoms with Crippen molar-refractivity contribution in [2.24, 2.45) is 0 Å². The first-order valence-electron chi connectivity index (χ1n) is 10.0. The van der Waals surface area contributed by atoms with Gasteiger partial charge >= 0.3 is 0 Å². The highest BCUT2D eigenvalue weighted by Gasteiger charge is 2.18. The van der Waals surface area contributed by atoms with Crippen molar-refractivity contribution in [3.63, 3.8) is 0 Å². The van der Waals surface area contributed by atoms with Gasteiger partial charge in [-0.2, -0.15) is 0 Å². The second-order valence-electron chi connectivity index (χ2n) is 7.13. The second-order valence-corrected chi connectivity index (χ2v) is 8.81. The van der Waals surface area contributed by atoms with Crippen molar-refractivity contribution in [2.45, 2.75) is 4.90 Å². The number of aromatic nitrogens is 4. The highest BCUT2D eigenvalue weighted by Crippen LogP contribution is 2.23. The molecule has 0 spiro atoms. The van der Waals surface area contributed by atoms with E-state index in [0.717, 1.165) is 5.56 Å². The zero-order valence-corrected chi connectivity index (χ0v) is 18.0. The maximum absolute atomic E-state index is 13.4. The van der Waals surface area contributed by atoms with E-state index in [9.17, 15) is 13.2 Å². The predicted molar refractivity (Wildman–Crippen MR) is 126 cm³/mol. The Hall–Kier alpha value is -4.37. The number of sulfonamides is 1. The van der Waals surface area contributed by atoms with Gasteiger partial charge in [0, 0.05) is 18.0 Å². The molecule has 162 valence electrons. The Morgan fingerprint density at radius 3 is 2.15 bits per heavy atom. The van der Waals surface area contributed by atoms with Gasteiger partial charge in [0.05, 0.1) is 21.5 Å². The smallest absolute Gasteiger partial charge is 0.266 e. The lowest BCUT2D eigenvalue weighted by atomic mass is 10.1. The molecule has 2 aromatic heterocycles. The molecule has 5 rings (SSSR count). The van der Waals surface area contributed by atoms with Crippen LogP contribution in [0, 0.1) is 0 Å². The number of para-hydroxylation sites is 1. The van der Waals surface area contributed by atoms with Crippen LogP contribution in [0.3, 0.4) is 0 Å². The summed E-state index contributed by atoms with van der Waals surface area (Å²) in [5.41, 5.74) is 1.60. The lowest BCUT2D eigenvalue weighted by Crippen LogP contribution is -2.22. The largest absolute Gasteiger partial charge is 0.268 e. The molecule has 0 bridgehead atoms. The van der Waals surface area contributed by atoms with Crippen molar-refractivity contribution in [3.8, 4) is 17.1 Å². The summed E-state index contributed by atoms with van der Waals surface area (Å²) in [7, 11) is -3.90. The van der Waals surface area contributed by atoms with E-state index in [1.54, 1.807) is 36.4 Å². The molecular formula is C24H17N5O3S. The molecule has 8 nitrogen and oxygen atoms in total. The Morgan fingerprint density at radius 1 is 0.758 bits per heavy atom. The maximum Gasteiger partial charge on any atom is 0.266 e. The van der Waals surface area contributed by atoms with Crippen molar-refractivity contribution in [1.82, 2.24) is 19.5 Å². The van der Waals surface area contributed by atoms with E-state index in [1.165, 1.54) is 29.1 Å². The van der Waals surface area contributed by atoms with Crippen molar-refractivity contribution < 1.29 is 8.42 Å². The highest BCUT2D eigenvalue weighted by atomic mass is 32.2. The monoisotopic (exact) mass is 455 g/mol. The quantitative estimate of drug-likeness (QED) is 0.434. The molecule has 0 saturated carbocycles. The summed E-state index contributed by atoms with van der Waals surface area (Å²) in [5.74, 6) is 0.439. The minimum absolute atomic E-state index is 0.0155. The molecule has 0 aliphatic carbocycles. The molecule has 0 atom stereocenters. The Morgan fingerprint density at radius 2 is 1.42 bits per heavy atom. The number of rotatable bonds is 5. The van der Waals surface area contributed by atoms with Gasteiger partial charge in [-0.05, 0) is 42.5 Å². The molecule has 0 radical (unpaired) electrons. The third-order valence-electron chi connectivity index (χ3n) is 5.00. The third kappa shape index (κ3) is 3.97. The fraction of sp³-hybridized carbons (Fsp3) is 0. The van der Waals surface area contributed by atoms with Crippen molar-refractivity contribution in [2.75, 3.05) is 4.72 Å². The van der Waals surface area contributed by atoms with E-state index >= 15 is 0 Å². The van der Waals surface area contributed by atoms with E-state index < -0.39 is 10.0 Å². The summed E-state index contributed by atoms with van der Waals surface area (Å²) < 4.78 is 29.2. The molecule has 9 heteroatoms. The number of nitrogens with zero attached hydrogens (tertiary/aromatic N) is 4. The van der Waals surface area contributed by atoms with Gasteiger partial charge in [0.1, 0.15) is 5.82 Å². The first-order chi connectivity index (χ1) is 16.0. The topological polar surface area (TPSA) is 107 Å². The van der Waals surface area contributed by atoms with Crippen molar-refractivity contribution >= 4 is 26.9 Å². The minimum Gasteiger partial charge on any atom is -0.268 e. The van der Waals surface area contributed by atoms with Crippen LogP contribution >= 0.6 is 0 Å². The number of hydrogen-bond acceptors (Lipinski definition) is 6. The van der Waals surface area contributed by atoms with E-state index in [4.69, 9.17) is 4.98 Å². The number of anilines is 1. The van der Waals surface area contributed by atoms with Crippen molar-refractivity contribution in [3.05, 3.63) is 108 Å². The Labute approximate surface area is 189 Å². The summed E-state index contributed by atoms with van der Waals surface area (Å²) >= 11 is 0. The number of fused-ring (bicyclic) bond motifs is 1. The van der Waals surface area contributed by atoms with Gasteiger partial charge in [0.25, 0.3) is 15.6 Å². The average Bonchev–Trinajstić information content (AvgIpc) is 2.85. The molecule has 0 unspecified atom stereocenters. The Bertz CT molecular complexity index is 1600. The number of hydrogen-bond donors (Lipinski definition) is 1. The lowest BCUT2D eigenvalue weighted by molar-refractivity contribution is 0.601. The number of benzene rings is 3. The second kappa shape index (κ2) is 8.29. The van der Waals surface area contributed by atoms with Crippen LogP contribution in [-0.4, -0.2) is 27.9 Å². The number of nitrogens with one attached hydrogen (secondary N) is 1. The molecule has 0 aliphatic heterocycles. The van der Waals surface area contributed by atoms with Crippen LogP contribution in [-0.2, 0) is 10.0 Å². The SMILES string of the molecule is O=c1c2ccccc2nc(-c2ccccc2)n1-c1ccc(S(=O)(=O)Nc2ncccn2)cc1. The first kappa shape index (κ1) is 20.5. The molecule has 2 heterocycles. The standard InChI is InChI=1S/C24H17N5O3S/c30-23-20-9-4-5-10-21(20)27-22(17-7-2-1-3-8-17)29(23)18-11-13-19(14-12-18)33(31,32)28-24-25-15-6-16-26-24/h1-16H,(H,25,26,28). The van der Waals surface area contributed by atoms with Gasteiger partial charge in [0.2, 0.25) is 5.95 Å². The predicted octanol–water partition coefficient (Wildman–Crippen LogP) is 3.64. The first-order valence-corrected chi connectivity index (χ1v) is 11.5. The van der Waals surface area contributed by atoms with E-state index in [2.05, 4.69) is 14.7 Å². The molecular weight excluding hydrogens is 438 g/mol. The van der Waals surface area contributed by atoms with E-state index in [1.807, 2.05) is 36.4 Å². The molecule has 3 aromatic carbocycles. The fourth-order valence-electron chi connectivity index (χ4n) is 3.46. The summed E-state index contributed by atoms with van der Waals surface area (Å²) in [5, 5.41) is 0.469. The van der Waals surface area contributed by atoms with E-state index in [-0.39, 0.29) is 16.4 Å². The van der Waals surface area contributed by atoms with Crippen LogP contribution in [0.15, 0.2) is 107 Å². The van der Waals surface area contributed by atoms with Gasteiger partial charge in [-0.1, -0.05) is 42.5 Å². The molecule has 0 amide bonds. The van der Waals surface area contributed by atoms with Crippen LogP contribution < -0.4 is 10.3 Å². The van der Waals surface area contributed by atoms with Gasteiger partial charge in [-0.25, -0.2) is 28.1 Å². The van der Waals surface area contributed by atoms with Crippen LogP contribution in [0.1, 0.15) is 0 Å². The summed E-state index contributed by atoms with van der Waals surface area (Å²) in [6.07, 6.45) is 2.89. The van der Waals surface area contributed by atoms with Crippen molar-refractivity contribution in [1.29, 1.82) is 0 Å². The van der Waals surface area contributed by atoms with Crippen LogP contribution in [0.4, 0.5) is 5.95 Å². The molecule has 0 aliphatic rings. The molecule has 33 heavy (non-hydrogen) atoms. The summed E-state index contributed by atoms with van der Waals surface area (Å²) in [6.45, 7) is 0. The Balaban J connectivity index is 1.62. The fourth-order valence-corrected chi connectivity index (χ4v) is 4.42. The summed E-state index contributed by atoms with van der Waals surface area (Å²) in [6, 6.07) is 24.1. The normalized spacial score (nSPS) is 11.4. The minimum atomic E-state index is -3.90. The zero-order valence-electron chi connectivity index (χ0n) is 17.2. The summed E-state index contributed by atoms with van der Waals surface area (Å²) in [4.78, 5) is 25.9. The molecule has 0 fully saturated rings. The third-order valence-corrected chi connectivity index (χ3v) is 6.35.